The van der Waals surface area contributed by atoms with Crippen molar-refractivity contribution < 1.29 is 13.7 Å². The summed E-state index contributed by atoms with van der Waals surface area (Å²) in [7, 11) is 1.40. The van der Waals surface area contributed by atoms with Gasteiger partial charge in [0.2, 0.25) is 11.7 Å². The van der Waals surface area contributed by atoms with E-state index in [0.29, 0.717) is 30.2 Å². The number of nitrogens with zero attached hydrogens (tertiary/aromatic N) is 2. The third-order valence-electron chi connectivity index (χ3n) is 2.24. The molecule has 1 aromatic heterocycles. The lowest BCUT2D eigenvalue weighted by Crippen LogP contribution is -2.02. The molecule has 0 aliphatic carbocycles. The van der Waals surface area contributed by atoms with E-state index in [-0.39, 0.29) is 5.75 Å². The van der Waals surface area contributed by atoms with Gasteiger partial charge in [-0.15, -0.1) is 0 Å². The lowest BCUT2D eigenvalue weighted by atomic mass is 10.2. The molecule has 0 saturated carbocycles. The van der Waals surface area contributed by atoms with Crippen LogP contribution in [0.1, 0.15) is 5.89 Å². The van der Waals surface area contributed by atoms with E-state index < -0.39 is 5.82 Å². The Kier molecular flexibility index (Phi) is 3.34. The number of hydrogen-bond donors (Lipinski definition) is 1. The Labute approximate surface area is 97.4 Å². The molecule has 0 fully saturated rings. The Morgan fingerprint density at radius 3 is 3.00 bits per heavy atom. The summed E-state index contributed by atoms with van der Waals surface area (Å²) in [6.07, 6.45) is 0.519. The summed E-state index contributed by atoms with van der Waals surface area (Å²) in [6.45, 7) is 0.439. The fourth-order valence-electron chi connectivity index (χ4n) is 1.40. The van der Waals surface area contributed by atoms with E-state index in [4.69, 9.17) is 15.0 Å². The summed E-state index contributed by atoms with van der Waals surface area (Å²) < 4.78 is 23.1. The molecule has 90 valence electrons. The summed E-state index contributed by atoms with van der Waals surface area (Å²) in [4.78, 5) is 4.14. The number of methoxy groups -OCH3 is 1. The molecule has 0 atom stereocenters. The zero-order chi connectivity index (χ0) is 12.3. The Hall–Kier alpha value is -1.95. The van der Waals surface area contributed by atoms with Crippen molar-refractivity contribution in [1.82, 2.24) is 10.1 Å². The maximum Gasteiger partial charge on any atom is 0.228 e. The van der Waals surface area contributed by atoms with E-state index in [1.54, 1.807) is 6.07 Å². The Balaban J connectivity index is 2.32. The van der Waals surface area contributed by atoms with Gasteiger partial charge in [-0.1, -0.05) is 5.16 Å². The number of aromatic nitrogens is 2. The van der Waals surface area contributed by atoms with Gasteiger partial charge in [0, 0.05) is 18.5 Å². The number of halogens is 1. The highest BCUT2D eigenvalue weighted by atomic mass is 19.1. The predicted octanol–water partition coefficient (Wildman–Crippen LogP) is 1.39. The van der Waals surface area contributed by atoms with E-state index in [1.807, 2.05) is 0 Å². The Morgan fingerprint density at radius 2 is 2.29 bits per heavy atom. The average Bonchev–Trinajstić information content (AvgIpc) is 2.79. The van der Waals surface area contributed by atoms with Crippen molar-refractivity contribution in [1.29, 1.82) is 0 Å². The first kappa shape index (κ1) is 11.5. The second kappa shape index (κ2) is 4.92. The van der Waals surface area contributed by atoms with Gasteiger partial charge in [-0.05, 0) is 18.2 Å². The molecule has 17 heavy (non-hydrogen) atoms. The number of hydrogen-bond acceptors (Lipinski definition) is 5. The van der Waals surface area contributed by atoms with Crippen molar-refractivity contribution in [2.45, 2.75) is 6.42 Å². The molecule has 2 N–H and O–H groups in total. The van der Waals surface area contributed by atoms with Crippen molar-refractivity contribution in [3.8, 4) is 17.1 Å². The highest BCUT2D eigenvalue weighted by Crippen LogP contribution is 2.24. The van der Waals surface area contributed by atoms with Crippen molar-refractivity contribution in [2.24, 2.45) is 5.73 Å². The largest absolute Gasteiger partial charge is 0.494 e. The van der Waals surface area contributed by atoms with Crippen molar-refractivity contribution in [3.05, 3.63) is 29.9 Å². The van der Waals surface area contributed by atoms with Crippen LogP contribution in [0.4, 0.5) is 4.39 Å². The normalized spacial score (nSPS) is 10.5. The van der Waals surface area contributed by atoms with Gasteiger partial charge in [-0.3, -0.25) is 0 Å². The van der Waals surface area contributed by atoms with Gasteiger partial charge in [-0.25, -0.2) is 4.39 Å². The van der Waals surface area contributed by atoms with Crippen LogP contribution in [-0.2, 0) is 6.42 Å². The molecule has 0 aliphatic heterocycles. The van der Waals surface area contributed by atoms with Gasteiger partial charge in [0.25, 0.3) is 0 Å². The lowest BCUT2D eigenvalue weighted by molar-refractivity contribution is 0.379. The van der Waals surface area contributed by atoms with Crippen LogP contribution in [0.15, 0.2) is 22.7 Å². The monoisotopic (exact) mass is 237 g/mol. The molecule has 5 nitrogen and oxygen atoms in total. The van der Waals surface area contributed by atoms with Crippen molar-refractivity contribution in [2.75, 3.05) is 13.7 Å². The van der Waals surface area contributed by atoms with E-state index >= 15 is 0 Å². The summed E-state index contributed by atoms with van der Waals surface area (Å²) in [5, 5.41) is 3.79. The fraction of sp³-hybridized carbons (Fsp3) is 0.273. The molecule has 2 aromatic rings. The zero-order valence-electron chi connectivity index (χ0n) is 9.31. The average molecular weight is 237 g/mol. The molecule has 0 unspecified atom stereocenters. The fourth-order valence-corrected chi connectivity index (χ4v) is 1.40. The number of rotatable bonds is 4. The topological polar surface area (TPSA) is 74.2 Å². The van der Waals surface area contributed by atoms with Crippen LogP contribution < -0.4 is 10.5 Å². The van der Waals surface area contributed by atoms with Crippen molar-refractivity contribution >= 4 is 0 Å². The van der Waals surface area contributed by atoms with Crippen LogP contribution in [0.3, 0.4) is 0 Å². The minimum atomic E-state index is -0.429. The van der Waals surface area contributed by atoms with E-state index in [2.05, 4.69) is 10.1 Å². The molecule has 1 aromatic carbocycles. The minimum absolute atomic E-state index is 0.146. The molecule has 0 radical (unpaired) electrons. The summed E-state index contributed by atoms with van der Waals surface area (Å²) in [6, 6.07) is 4.38. The first-order chi connectivity index (χ1) is 8.24. The number of ether oxygens (including phenoxy) is 1. The first-order valence-corrected chi connectivity index (χ1v) is 5.11. The molecule has 0 aliphatic rings. The van der Waals surface area contributed by atoms with E-state index in [9.17, 15) is 4.39 Å². The second-order valence-corrected chi connectivity index (χ2v) is 3.40. The van der Waals surface area contributed by atoms with E-state index in [1.165, 1.54) is 19.2 Å². The molecular weight excluding hydrogens is 225 g/mol. The molecular formula is C11H12FN3O2. The lowest BCUT2D eigenvalue weighted by Gasteiger charge is -2.02. The molecule has 6 heteroatoms. The molecule has 0 saturated heterocycles. The van der Waals surface area contributed by atoms with Gasteiger partial charge in [-0.2, -0.15) is 4.98 Å². The standard InChI is InChI=1S/C11H12FN3O2/c1-16-9-6-7(2-3-8(9)12)11-14-10(4-5-13)17-15-11/h2-3,6H,4-5,13H2,1H3. The van der Waals surface area contributed by atoms with Crippen LogP contribution >= 0.6 is 0 Å². The number of benzene rings is 1. The molecule has 2 rings (SSSR count). The summed E-state index contributed by atoms with van der Waals surface area (Å²) in [5.74, 6) is 0.576. The molecule has 0 amide bonds. The minimum Gasteiger partial charge on any atom is -0.494 e. The predicted molar refractivity (Wildman–Crippen MR) is 59.0 cm³/mol. The van der Waals surface area contributed by atoms with Gasteiger partial charge in [0.05, 0.1) is 7.11 Å². The van der Waals surface area contributed by atoms with Crippen LogP contribution in [0.5, 0.6) is 5.75 Å². The van der Waals surface area contributed by atoms with Gasteiger partial charge >= 0.3 is 0 Å². The first-order valence-electron chi connectivity index (χ1n) is 5.11. The quantitative estimate of drug-likeness (QED) is 0.869. The second-order valence-electron chi connectivity index (χ2n) is 3.40. The van der Waals surface area contributed by atoms with Crippen LogP contribution in [0.2, 0.25) is 0 Å². The maximum atomic E-state index is 13.2. The Morgan fingerprint density at radius 1 is 1.47 bits per heavy atom. The highest BCUT2D eigenvalue weighted by molar-refractivity contribution is 5.57. The smallest absolute Gasteiger partial charge is 0.228 e. The van der Waals surface area contributed by atoms with Crippen LogP contribution in [0.25, 0.3) is 11.4 Å². The van der Waals surface area contributed by atoms with Crippen LogP contribution in [-0.4, -0.2) is 23.8 Å². The third-order valence-corrected chi connectivity index (χ3v) is 2.24. The summed E-state index contributed by atoms with van der Waals surface area (Å²) >= 11 is 0. The highest BCUT2D eigenvalue weighted by Gasteiger charge is 2.11. The van der Waals surface area contributed by atoms with Crippen molar-refractivity contribution in [3.63, 3.8) is 0 Å². The summed E-state index contributed by atoms with van der Waals surface area (Å²) in [5.41, 5.74) is 6.01. The molecule has 0 bridgehead atoms. The maximum absolute atomic E-state index is 13.2. The molecule has 1 heterocycles. The van der Waals surface area contributed by atoms with Gasteiger partial charge in [0.1, 0.15) is 0 Å². The number of nitrogens with two attached hydrogens (primary N) is 1. The SMILES string of the molecule is COc1cc(-c2noc(CCN)n2)ccc1F. The third kappa shape index (κ3) is 2.42. The molecule has 0 spiro atoms. The van der Waals surface area contributed by atoms with Gasteiger partial charge in [0.15, 0.2) is 11.6 Å². The Bertz CT molecular complexity index is 513. The zero-order valence-corrected chi connectivity index (χ0v) is 9.31. The van der Waals surface area contributed by atoms with Crippen LogP contribution in [0, 0.1) is 5.82 Å². The van der Waals surface area contributed by atoms with E-state index in [0.717, 1.165) is 0 Å². The van der Waals surface area contributed by atoms with Gasteiger partial charge < -0.3 is 15.0 Å².